The van der Waals surface area contributed by atoms with E-state index in [1.807, 2.05) is 23.1 Å². The summed E-state index contributed by atoms with van der Waals surface area (Å²) in [6, 6.07) is 17.3. The number of hydrogen-bond donors (Lipinski definition) is 1. The van der Waals surface area contributed by atoms with Crippen molar-refractivity contribution < 1.29 is 4.79 Å². The number of fused-ring (bicyclic) bond motifs is 1. The van der Waals surface area contributed by atoms with Crippen molar-refractivity contribution in [3.8, 4) is 0 Å². The highest BCUT2D eigenvalue weighted by Gasteiger charge is 2.20. The number of H-pyrrole nitrogens is 1. The van der Waals surface area contributed by atoms with Crippen molar-refractivity contribution in [1.29, 1.82) is 0 Å². The molecule has 1 N–H and O–H groups in total. The molecular weight excluding hydrogens is 392 g/mol. The summed E-state index contributed by atoms with van der Waals surface area (Å²) in [5, 5.41) is 0.520. The number of carbonyl (C=O) groups is 1. The Hall–Kier alpha value is -3.35. The highest BCUT2D eigenvalue weighted by Crippen LogP contribution is 2.16. The zero-order valence-corrected chi connectivity index (χ0v) is 17.6. The Kier molecular flexibility index (Phi) is 6.50. The standard InChI is InChI=1S/C24H28N4O3/c29-22(27-17-15-26(16-18-27)19-9-3-1-4-10-19)13-5-2-8-14-28-23(30)20-11-6-7-12-21(20)25-24(28)31/h1,3-4,6-7,9-12H,2,5,8,13-18H2,(H,25,31). The molecule has 1 amide bonds. The molecule has 0 atom stereocenters. The molecule has 4 rings (SSSR count). The molecule has 1 fully saturated rings. The van der Waals surface area contributed by atoms with Crippen LogP contribution >= 0.6 is 0 Å². The van der Waals surface area contributed by atoms with Gasteiger partial charge in [-0.05, 0) is 37.1 Å². The molecule has 0 spiro atoms. The van der Waals surface area contributed by atoms with Gasteiger partial charge in [-0.25, -0.2) is 4.79 Å². The van der Waals surface area contributed by atoms with Gasteiger partial charge in [0.1, 0.15) is 0 Å². The zero-order chi connectivity index (χ0) is 21.6. The van der Waals surface area contributed by atoms with Crippen molar-refractivity contribution in [1.82, 2.24) is 14.5 Å². The fraction of sp³-hybridized carbons (Fsp3) is 0.375. The van der Waals surface area contributed by atoms with Crippen LogP contribution in [-0.2, 0) is 11.3 Å². The minimum absolute atomic E-state index is 0.188. The largest absolute Gasteiger partial charge is 0.368 e. The van der Waals surface area contributed by atoms with Crippen molar-refractivity contribution in [2.45, 2.75) is 32.2 Å². The SMILES string of the molecule is O=C(CCCCCn1c(=O)[nH]c2ccccc2c1=O)N1CCN(c2ccccc2)CC1. The van der Waals surface area contributed by atoms with Gasteiger partial charge in [-0.15, -0.1) is 0 Å². The van der Waals surface area contributed by atoms with Crippen molar-refractivity contribution in [2.75, 3.05) is 31.1 Å². The number of para-hydroxylation sites is 2. The molecule has 1 aromatic heterocycles. The van der Waals surface area contributed by atoms with Gasteiger partial charge in [0.15, 0.2) is 0 Å². The van der Waals surface area contributed by atoms with Gasteiger partial charge in [0.05, 0.1) is 10.9 Å². The van der Waals surface area contributed by atoms with Crippen molar-refractivity contribution in [3.63, 3.8) is 0 Å². The maximum Gasteiger partial charge on any atom is 0.328 e. The first-order valence-electron chi connectivity index (χ1n) is 10.9. The molecule has 162 valence electrons. The zero-order valence-electron chi connectivity index (χ0n) is 17.6. The number of benzene rings is 2. The monoisotopic (exact) mass is 420 g/mol. The summed E-state index contributed by atoms with van der Waals surface area (Å²) in [4.78, 5) is 44.3. The molecule has 0 radical (unpaired) electrons. The van der Waals surface area contributed by atoms with Crippen LogP contribution in [0.25, 0.3) is 10.9 Å². The molecule has 0 saturated carbocycles. The highest BCUT2D eigenvalue weighted by molar-refractivity contribution is 5.77. The summed E-state index contributed by atoms with van der Waals surface area (Å²) in [5.74, 6) is 0.188. The van der Waals surface area contributed by atoms with E-state index in [0.717, 1.165) is 39.0 Å². The molecule has 31 heavy (non-hydrogen) atoms. The van der Waals surface area contributed by atoms with Crippen molar-refractivity contribution in [2.24, 2.45) is 0 Å². The Morgan fingerprint density at radius 3 is 2.32 bits per heavy atom. The third-order valence-electron chi connectivity index (χ3n) is 5.92. The Labute approximate surface area is 180 Å². The molecule has 3 aromatic rings. The van der Waals surface area contributed by atoms with Gasteiger partial charge >= 0.3 is 5.69 Å². The van der Waals surface area contributed by atoms with E-state index in [2.05, 4.69) is 22.0 Å². The number of carbonyl (C=O) groups excluding carboxylic acids is 1. The predicted molar refractivity (Wildman–Crippen MR) is 123 cm³/mol. The summed E-state index contributed by atoms with van der Waals surface area (Å²) < 4.78 is 1.26. The molecule has 0 aliphatic carbocycles. The van der Waals surface area contributed by atoms with Gasteiger partial charge in [0, 0.05) is 44.8 Å². The minimum atomic E-state index is -0.379. The average molecular weight is 421 g/mol. The van der Waals surface area contributed by atoms with E-state index >= 15 is 0 Å². The van der Waals surface area contributed by atoms with Gasteiger partial charge in [-0.2, -0.15) is 0 Å². The smallest absolute Gasteiger partial charge is 0.328 e. The third kappa shape index (κ3) is 4.87. The van der Waals surface area contributed by atoms with E-state index in [9.17, 15) is 14.4 Å². The first kappa shape index (κ1) is 20.9. The first-order valence-corrected chi connectivity index (χ1v) is 10.9. The molecule has 1 saturated heterocycles. The maximum absolute atomic E-state index is 12.5. The van der Waals surface area contributed by atoms with Gasteiger partial charge in [-0.3, -0.25) is 14.2 Å². The molecule has 1 aliphatic heterocycles. The van der Waals surface area contributed by atoms with Crippen LogP contribution in [0.4, 0.5) is 5.69 Å². The van der Waals surface area contributed by atoms with E-state index in [0.29, 0.717) is 30.3 Å². The number of nitrogens with one attached hydrogen (secondary N) is 1. The second-order valence-electron chi connectivity index (χ2n) is 7.95. The summed E-state index contributed by atoms with van der Waals surface area (Å²) in [5.41, 5.74) is 1.13. The lowest BCUT2D eigenvalue weighted by Crippen LogP contribution is -2.48. The summed E-state index contributed by atoms with van der Waals surface area (Å²) in [7, 11) is 0. The summed E-state index contributed by atoms with van der Waals surface area (Å²) in [6.07, 6.45) is 2.76. The lowest BCUT2D eigenvalue weighted by Gasteiger charge is -2.36. The summed E-state index contributed by atoms with van der Waals surface area (Å²) in [6.45, 7) is 3.56. The number of rotatable bonds is 7. The van der Waals surface area contributed by atoms with Gasteiger partial charge in [0.2, 0.25) is 5.91 Å². The molecule has 7 nitrogen and oxygen atoms in total. The fourth-order valence-corrected chi connectivity index (χ4v) is 4.14. The van der Waals surface area contributed by atoms with Crippen LogP contribution in [0.2, 0.25) is 0 Å². The lowest BCUT2D eigenvalue weighted by atomic mass is 10.1. The van der Waals surface area contributed by atoms with Crippen LogP contribution in [0.5, 0.6) is 0 Å². The normalized spacial score (nSPS) is 14.2. The van der Waals surface area contributed by atoms with E-state index in [1.54, 1.807) is 24.3 Å². The topological polar surface area (TPSA) is 78.4 Å². The summed E-state index contributed by atoms with van der Waals surface area (Å²) >= 11 is 0. The number of aromatic amines is 1. The second kappa shape index (κ2) is 9.64. The van der Waals surface area contributed by atoms with E-state index in [1.165, 1.54) is 10.3 Å². The maximum atomic E-state index is 12.5. The number of aromatic nitrogens is 2. The Morgan fingerprint density at radius 2 is 1.55 bits per heavy atom. The Balaban J connectivity index is 1.21. The van der Waals surface area contributed by atoms with E-state index in [4.69, 9.17) is 0 Å². The second-order valence-corrected chi connectivity index (χ2v) is 7.95. The molecule has 7 heteroatoms. The predicted octanol–water partition coefficient (Wildman–Crippen LogP) is 2.60. The van der Waals surface area contributed by atoms with E-state index < -0.39 is 0 Å². The van der Waals surface area contributed by atoms with E-state index in [-0.39, 0.29) is 17.2 Å². The molecule has 2 heterocycles. The van der Waals surface area contributed by atoms with Crippen molar-refractivity contribution >= 4 is 22.5 Å². The Morgan fingerprint density at radius 1 is 0.839 bits per heavy atom. The number of nitrogens with zero attached hydrogens (tertiary/aromatic N) is 3. The number of amides is 1. The van der Waals surface area contributed by atoms with Gasteiger partial charge in [-0.1, -0.05) is 36.8 Å². The van der Waals surface area contributed by atoms with Crippen LogP contribution in [0.1, 0.15) is 25.7 Å². The molecule has 0 bridgehead atoms. The highest BCUT2D eigenvalue weighted by atomic mass is 16.2. The number of hydrogen-bond acceptors (Lipinski definition) is 4. The molecular formula is C24H28N4O3. The fourth-order valence-electron chi connectivity index (χ4n) is 4.14. The van der Waals surface area contributed by atoms with Crippen LogP contribution in [0.15, 0.2) is 64.2 Å². The van der Waals surface area contributed by atoms with Crippen LogP contribution in [0.3, 0.4) is 0 Å². The van der Waals surface area contributed by atoms with Gasteiger partial charge in [0.25, 0.3) is 5.56 Å². The Bertz CT molecular complexity index is 1140. The molecule has 2 aromatic carbocycles. The number of anilines is 1. The third-order valence-corrected chi connectivity index (χ3v) is 5.92. The van der Waals surface area contributed by atoms with Crippen LogP contribution < -0.4 is 16.1 Å². The van der Waals surface area contributed by atoms with Crippen LogP contribution in [0, 0.1) is 0 Å². The average Bonchev–Trinajstić information content (AvgIpc) is 2.81. The first-order chi connectivity index (χ1) is 15.1. The minimum Gasteiger partial charge on any atom is -0.368 e. The quantitative estimate of drug-likeness (QED) is 0.596. The van der Waals surface area contributed by atoms with Crippen LogP contribution in [-0.4, -0.2) is 46.5 Å². The molecule has 1 aliphatic rings. The molecule has 0 unspecified atom stereocenters. The number of unbranched alkanes of at least 4 members (excludes halogenated alkanes) is 2. The number of piperazine rings is 1. The van der Waals surface area contributed by atoms with Gasteiger partial charge < -0.3 is 14.8 Å². The lowest BCUT2D eigenvalue weighted by molar-refractivity contribution is -0.131. The van der Waals surface area contributed by atoms with Crippen molar-refractivity contribution in [3.05, 3.63) is 75.4 Å².